The average Bonchev–Trinajstić information content (AvgIpc) is 2.11. The number of rotatable bonds is 7. The van der Waals surface area contributed by atoms with Crippen molar-refractivity contribution >= 4 is 5.91 Å². The Kier molecular flexibility index (Phi) is 6.35. The lowest BCUT2D eigenvalue weighted by atomic mass is 10.1. The molecule has 0 bridgehead atoms. The third-order valence-corrected chi connectivity index (χ3v) is 1.59. The van der Waals surface area contributed by atoms with Gasteiger partial charge in [-0.25, -0.2) is 8.78 Å². The average molecular weight is 225 g/mol. The first-order valence-corrected chi connectivity index (χ1v) is 4.65. The van der Waals surface area contributed by atoms with Crippen LogP contribution in [0.15, 0.2) is 0 Å². The molecule has 0 atom stereocenters. The Balaban J connectivity index is 3.58. The van der Waals surface area contributed by atoms with Gasteiger partial charge in [-0.15, -0.1) is 0 Å². The van der Waals surface area contributed by atoms with E-state index in [-0.39, 0.29) is 25.5 Å². The summed E-state index contributed by atoms with van der Waals surface area (Å²) in [5.41, 5.74) is -0.695. The molecule has 1 amide bonds. The molecule has 6 heteroatoms. The fourth-order valence-corrected chi connectivity index (χ4v) is 0.817. The summed E-state index contributed by atoms with van der Waals surface area (Å²) in [5, 5.41) is 11.4. The fourth-order valence-electron chi connectivity index (χ4n) is 0.817. The largest absolute Gasteiger partial charge is 0.394 e. The van der Waals surface area contributed by atoms with Gasteiger partial charge in [-0.2, -0.15) is 0 Å². The maximum Gasteiger partial charge on any atom is 0.261 e. The van der Waals surface area contributed by atoms with Crippen LogP contribution in [0.5, 0.6) is 0 Å². The maximum absolute atomic E-state index is 11.6. The first-order valence-electron chi connectivity index (χ1n) is 4.65. The second-order valence-corrected chi connectivity index (χ2v) is 3.81. The molecule has 2 N–H and O–H groups in total. The van der Waals surface area contributed by atoms with Gasteiger partial charge >= 0.3 is 0 Å². The van der Waals surface area contributed by atoms with Crippen LogP contribution in [0, 0.1) is 0 Å². The number of aliphatic hydroxyl groups is 1. The molecular weight excluding hydrogens is 208 g/mol. The van der Waals surface area contributed by atoms with E-state index in [9.17, 15) is 13.6 Å². The van der Waals surface area contributed by atoms with Crippen LogP contribution in [0.3, 0.4) is 0 Å². The smallest absolute Gasteiger partial charge is 0.261 e. The summed E-state index contributed by atoms with van der Waals surface area (Å²) in [4.78, 5) is 11.2. The van der Waals surface area contributed by atoms with Gasteiger partial charge in [-0.3, -0.25) is 4.79 Å². The first kappa shape index (κ1) is 14.2. The minimum atomic E-state index is -2.51. The van der Waals surface area contributed by atoms with Gasteiger partial charge in [0.05, 0.1) is 18.8 Å². The van der Waals surface area contributed by atoms with Crippen molar-refractivity contribution < 1.29 is 23.4 Å². The number of hydrogen-bond donors (Lipinski definition) is 2. The number of hydrogen-bond acceptors (Lipinski definition) is 3. The van der Waals surface area contributed by atoms with Crippen LogP contribution < -0.4 is 5.32 Å². The number of halogens is 2. The van der Waals surface area contributed by atoms with E-state index in [2.05, 4.69) is 10.1 Å². The van der Waals surface area contributed by atoms with Crippen LogP contribution >= 0.6 is 0 Å². The standard InChI is InChI=1S/C9H17F2NO3/c1-9(2,6-13)12-8(14)3-4-15-5-7(10)11/h7,13H,3-6H2,1-2H3,(H,12,14). The highest BCUT2D eigenvalue weighted by Crippen LogP contribution is 2.00. The second-order valence-electron chi connectivity index (χ2n) is 3.81. The lowest BCUT2D eigenvalue weighted by Gasteiger charge is -2.23. The van der Waals surface area contributed by atoms with Gasteiger partial charge in [-0.05, 0) is 13.8 Å². The number of aliphatic hydroxyl groups excluding tert-OH is 1. The zero-order chi connectivity index (χ0) is 11.9. The van der Waals surface area contributed by atoms with E-state index in [4.69, 9.17) is 5.11 Å². The number of nitrogens with one attached hydrogen (secondary N) is 1. The highest BCUT2D eigenvalue weighted by Gasteiger charge is 2.18. The quantitative estimate of drug-likeness (QED) is 0.622. The minimum Gasteiger partial charge on any atom is -0.394 e. The Morgan fingerprint density at radius 3 is 2.60 bits per heavy atom. The van der Waals surface area contributed by atoms with Gasteiger partial charge in [0.2, 0.25) is 5.91 Å². The van der Waals surface area contributed by atoms with E-state index in [1.165, 1.54) is 0 Å². The second kappa shape index (κ2) is 6.68. The summed E-state index contributed by atoms with van der Waals surface area (Å²) in [6.45, 7) is 2.43. The Hall–Kier alpha value is -0.750. The number of alkyl halides is 2. The van der Waals surface area contributed by atoms with Crippen molar-refractivity contribution in [3.63, 3.8) is 0 Å². The molecule has 0 saturated carbocycles. The molecule has 0 aromatic carbocycles. The molecule has 0 aliphatic rings. The highest BCUT2D eigenvalue weighted by atomic mass is 19.3. The van der Waals surface area contributed by atoms with E-state index in [0.29, 0.717) is 0 Å². The minimum absolute atomic E-state index is 0.0101. The van der Waals surface area contributed by atoms with Crippen LogP contribution in [0.25, 0.3) is 0 Å². The molecule has 0 aromatic rings. The zero-order valence-electron chi connectivity index (χ0n) is 8.93. The molecule has 0 radical (unpaired) electrons. The van der Waals surface area contributed by atoms with Gasteiger partial charge in [0.25, 0.3) is 6.43 Å². The Bertz CT molecular complexity index is 198. The fraction of sp³-hybridized carbons (Fsp3) is 0.889. The van der Waals surface area contributed by atoms with Crippen molar-refractivity contribution in [2.45, 2.75) is 32.2 Å². The third kappa shape index (κ3) is 8.26. The summed E-state index contributed by atoms with van der Waals surface area (Å²) >= 11 is 0. The molecular formula is C9H17F2NO3. The molecule has 0 saturated heterocycles. The first-order chi connectivity index (χ1) is 6.87. The highest BCUT2D eigenvalue weighted by molar-refractivity contribution is 5.76. The van der Waals surface area contributed by atoms with E-state index < -0.39 is 18.6 Å². The van der Waals surface area contributed by atoms with Crippen LogP contribution in [0.1, 0.15) is 20.3 Å². The van der Waals surface area contributed by atoms with Crippen LogP contribution in [0.2, 0.25) is 0 Å². The number of carbonyl (C=O) groups is 1. The van der Waals surface area contributed by atoms with Gasteiger partial charge in [0.15, 0.2) is 0 Å². The van der Waals surface area contributed by atoms with Crippen LogP contribution in [-0.4, -0.2) is 42.8 Å². The predicted molar refractivity (Wildman–Crippen MR) is 50.7 cm³/mol. The molecule has 0 aliphatic heterocycles. The van der Waals surface area contributed by atoms with Gasteiger partial charge in [0, 0.05) is 6.42 Å². The zero-order valence-corrected chi connectivity index (χ0v) is 8.93. The van der Waals surface area contributed by atoms with Crippen molar-refractivity contribution in [1.82, 2.24) is 5.32 Å². The SMILES string of the molecule is CC(C)(CO)NC(=O)CCOCC(F)F. The topological polar surface area (TPSA) is 58.6 Å². The van der Waals surface area contributed by atoms with Crippen molar-refractivity contribution in [3.05, 3.63) is 0 Å². The molecule has 0 aliphatic carbocycles. The molecule has 0 fully saturated rings. The third-order valence-electron chi connectivity index (χ3n) is 1.59. The van der Waals surface area contributed by atoms with Gasteiger partial charge < -0.3 is 15.2 Å². The van der Waals surface area contributed by atoms with Crippen molar-refractivity contribution in [2.24, 2.45) is 0 Å². The lowest BCUT2D eigenvalue weighted by molar-refractivity contribution is -0.124. The summed E-state index contributed by atoms with van der Waals surface area (Å²) < 4.78 is 27.8. The Labute approximate surface area is 87.6 Å². The summed E-state index contributed by atoms with van der Waals surface area (Å²) in [7, 11) is 0. The van der Waals surface area contributed by atoms with E-state index in [0.717, 1.165) is 0 Å². The molecule has 0 aromatic heterocycles. The number of amides is 1. The molecule has 0 spiro atoms. The normalized spacial score (nSPS) is 11.9. The van der Waals surface area contributed by atoms with E-state index in [1.807, 2.05) is 0 Å². The van der Waals surface area contributed by atoms with Crippen molar-refractivity contribution in [2.75, 3.05) is 19.8 Å². The number of carbonyl (C=O) groups excluding carboxylic acids is 1. The van der Waals surface area contributed by atoms with Crippen molar-refractivity contribution in [1.29, 1.82) is 0 Å². The van der Waals surface area contributed by atoms with E-state index in [1.54, 1.807) is 13.8 Å². The number of ether oxygens (including phenoxy) is 1. The monoisotopic (exact) mass is 225 g/mol. The van der Waals surface area contributed by atoms with Crippen molar-refractivity contribution in [3.8, 4) is 0 Å². The Morgan fingerprint density at radius 1 is 1.53 bits per heavy atom. The van der Waals surface area contributed by atoms with Crippen LogP contribution in [0.4, 0.5) is 8.78 Å². The summed E-state index contributed by atoms with van der Waals surface area (Å²) in [6.07, 6.45) is -2.50. The summed E-state index contributed by atoms with van der Waals surface area (Å²) in [6, 6.07) is 0. The predicted octanol–water partition coefficient (Wildman–Crippen LogP) is 0.545. The van der Waals surface area contributed by atoms with Crippen LogP contribution in [-0.2, 0) is 9.53 Å². The van der Waals surface area contributed by atoms with Gasteiger partial charge in [-0.1, -0.05) is 0 Å². The molecule has 90 valence electrons. The molecule has 0 heterocycles. The Morgan fingerprint density at radius 2 is 2.13 bits per heavy atom. The lowest BCUT2D eigenvalue weighted by Crippen LogP contribution is -2.46. The molecule has 0 unspecified atom stereocenters. The summed E-state index contributed by atoms with van der Waals surface area (Å²) in [5.74, 6) is -0.330. The molecule has 4 nitrogen and oxygen atoms in total. The maximum atomic E-state index is 11.6. The van der Waals surface area contributed by atoms with Gasteiger partial charge in [0.1, 0.15) is 6.61 Å². The molecule has 15 heavy (non-hydrogen) atoms. The van der Waals surface area contributed by atoms with E-state index >= 15 is 0 Å². The molecule has 0 rings (SSSR count).